The van der Waals surface area contributed by atoms with Crippen molar-refractivity contribution >= 4 is 27.1 Å². The Morgan fingerprint density at radius 3 is 2.54 bits per heavy atom. The number of hydrogen-bond donors (Lipinski definition) is 1. The van der Waals surface area contributed by atoms with Crippen LogP contribution >= 0.6 is 11.6 Å². The summed E-state index contributed by atoms with van der Waals surface area (Å²) in [7, 11) is -3.41. The number of anilines is 1. The van der Waals surface area contributed by atoms with Crippen molar-refractivity contribution in [2.75, 3.05) is 5.73 Å². The van der Waals surface area contributed by atoms with Gasteiger partial charge in [-0.05, 0) is 18.2 Å². The fraction of sp³-hybridized carbons (Fsp3) is 0. The molecule has 2 N–H and O–H groups in total. The number of nitrogens with two attached hydrogens (primary N) is 1. The molecule has 0 spiro atoms. The molecule has 1 aromatic carbocycles. The van der Waals surface area contributed by atoms with Gasteiger partial charge in [0.25, 0.3) is 0 Å². The Balaban J connectivity index is 3.35. The standard InChI is InChI=1S/C8H8ClNO2S/c1-2-13(11,12)6-3-4-7(9)8(10)5-6/h2-5H,1,10H2. The minimum atomic E-state index is -3.41. The fourth-order valence-corrected chi connectivity index (χ4v) is 1.65. The lowest BCUT2D eigenvalue weighted by molar-refractivity contribution is 0.605. The van der Waals surface area contributed by atoms with Gasteiger partial charge in [-0.15, -0.1) is 0 Å². The van der Waals surface area contributed by atoms with Gasteiger partial charge in [0.2, 0.25) is 0 Å². The largest absolute Gasteiger partial charge is 0.397 e. The predicted molar refractivity (Wildman–Crippen MR) is 53.2 cm³/mol. The van der Waals surface area contributed by atoms with Gasteiger partial charge < -0.3 is 5.73 Å². The summed E-state index contributed by atoms with van der Waals surface area (Å²) in [6.07, 6.45) is 0. The number of hydrogen-bond acceptors (Lipinski definition) is 3. The normalized spacial score (nSPS) is 11.2. The Morgan fingerprint density at radius 2 is 2.08 bits per heavy atom. The average Bonchev–Trinajstić information content (AvgIpc) is 2.09. The zero-order chi connectivity index (χ0) is 10.1. The van der Waals surface area contributed by atoms with E-state index in [4.69, 9.17) is 17.3 Å². The average molecular weight is 218 g/mol. The van der Waals surface area contributed by atoms with Gasteiger partial charge in [0.15, 0.2) is 9.84 Å². The van der Waals surface area contributed by atoms with Crippen LogP contribution in [-0.4, -0.2) is 8.42 Å². The molecule has 0 atom stereocenters. The first-order valence-corrected chi connectivity index (χ1v) is 5.32. The van der Waals surface area contributed by atoms with Crippen LogP contribution in [0.4, 0.5) is 5.69 Å². The van der Waals surface area contributed by atoms with Crippen molar-refractivity contribution in [1.29, 1.82) is 0 Å². The van der Waals surface area contributed by atoms with E-state index >= 15 is 0 Å². The van der Waals surface area contributed by atoms with Gasteiger partial charge in [0.05, 0.1) is 15.6 Å². The quantitative estimate of drug-likeness (QED) is 0.769. The van der Waals surface area contributed by atoms with E-state index in [2.05, 4.69) is 6.58 Å². The first-order chi connectivity index (χ1) is 5.97. The lowest BCUT2D eigenvalue weighted by Gasteiger charge is -2.01. The minimum Gasteiger partial charge on any atom is -0.397 e. The molecule has 0 radical (unpaired) electrons. The molecular weight excluding hydrogens is 210 g/mol. The summed E-state index contributed by atoms with van der Waals surface area (Å²) in [4.78, 5) is 0.101. The van der Waals surface area contributed by atoms with Gasteiger partial charge >= 0.3 is 0 Å². The third-order valence-electron chi connectivity index (χ3n) is 1.52. The van der Waals surface area contributed by atoms with E-state index in [-0.39, 0.29) is 10.6 Å². The summed E-state index contributed by atoms with van der Waals surface area (Å²) in [5, 5.41) is 1.21. The highest BCUT2D eigenvalue weighted by Crippen LogP contribution is 2.22. The summed E-state index contributed by atoms with van der Waals surface area (Å²) < 4.78 is 22.5. The Kier molecular flexibility index (Phi) is 2.63. The van der Waals surface area contributed by atoms with Gasteiger partial charge in [-0.1, -0.05) is 18.2 Å². The van der Waals surface area contributed by atoms with Crippen molar-refractivity contribution in [2.45, 2.75) is 4.90 Å². The molecule has 1 rings (SSSR count). The molecule has 0 aromatic heterocycles. The Bertz CT molecular complexity index is 439. The molecule has 0 amide bonds. The van der Waals surface area contributed by atoms with Crippen molar-refractivity contribution in [3.8, 4) is 0 Å². The second-order valence-corrected chi connectivity index (χ2v) is 4.70. The lowest BCUT2D eigenvalue weighted by atomic mass is 10.3. The van der Waals surface area contributed by atoms with Gasteiger partial charge in [-0.2, -0.15) is 0 Å². The molecule has 0 unspecified atom stereocenters. The Hall–Kier alpha value is -1.00. The van der Waals surface area contributed by atoms with E-state index in [1.165, 1.54) is 18.2 Å². The molecule has 0 fully saturated rings. The van der Waals surface area contributed by atoms with Crippen LogP contribution in [0, 0.1) is 0 Å². The third kappa shape index (κ3) is 2.02. The molecule has 0 bridgehead atoms. The number of rotatable bonds is 2. The van der Waals surface area contributed by atoms with Gasteiger partial charge in [-0.25, -0.2) is 8.42 Å². The highest BCUT2D eigenvalue weighted by Gasteiger charge is 2.10. The van der Waals surface area contributed by atoms with Crippen LogP contribution in [0.3, 0.4) is 0 Å². The van der Waals surface area contributed by atoms with Crippen LogP contribution in [-0.2, 0) is 9.84 Å². The zero-order valence-electron chi connectivity index (χ0n) is 6.70. The molecule has 70 valence electrons. The molecule has 1 aromatic rings. The van der Waals surface area contributed by atoms with Crippen LogP contribution < -0.4 is 5.73 Å². The molecule has 0 saturated heterocycles. The molecule has 13 heavy (non-hydrogen) atoms. The van der Waals surface area contributed by atoms with Crippen LogP contribution in [0.15, 0.2) is 35.1 Å². The van der Waals surface area contributed by atoms with E-state index in [0.29, 0.717) is 5.02 Å². The van der Waals surface area contributed by atoms with Gasteiger partial charge in [0.1, 0.15) is 0 Å². The highest BCUT2D eigenvalue weighted by atomic mass is 35.5. The van der Waals surface area contributed by atoms with Crippen molar-refractivity contribution in [3.05, 3.63) is 35.2 Å². The van der Waals surface area contributed by atoms with Crippen molar-refractivity contribution in [2.24, 2.45) is 0 Å². The summed E-state index contributed by atoms with van der Waals surface area (Å²) in [5.74, 6) is 0. The Morgan fingerprint density at radius 1 is 1.46 bits per heavy atom. The number of sulfone groups is 1. The maximum Gasteiger partial charge on any atom is 0.199 e. The van der Waals surface area contributed by atoms with E-state index in [1.54, 1.807) is 0 Å². The summed E-state index contributed by atoms with van der Waals surface area (Å²) >= 11 is 5.63. The van der Waals surface area contributed by atoms with Crippen LogP contribution in [0.5, 0.6) is 0 Å². The van der Waals surface area contributed by atoms with Crippen LogP contribution in [0.2, 0.25) is 5.02 Å². The van der Waals surface area contributed by atoms with E-state index in [1.807, 2.05) is 0 Å². The topological polar surface area (TPSA) is 60.2 Å². The predicted octanol–water partition coefficient (Wildman–Crippen LogP) is 1.84. The zero-order valence-corrected chi connectivity index (χ0v) is 8.27. The van der Waals surface area contributed by atoms with E-state index < -0.39 is 9.84 Å². The third-order valence-corrected chi connectivity index (χ3v) is 3.21. The number of halogens is 1. The maximum absolute atomic E-state index is 11.2. The molecule has 3 nitrogen and oxygen atoms in total. The van der Waals surface area contributed by atoms with Gasteiger partial charge in [-0.3, -0.25) is 0 Å². The number of benzene rings is 1. The molecule has 0 aliphatic rings. The maximum atomic E-state index is 11.2. The molecule has 0 aliphatic heterocycles. The monoisotopic (exact) mass is 217 g/mol. The van der Waals surface area contributed by atoms with Crippen LogP contribution in [0.1, 0.15) is 0 Å². The summed E-state index contributed by atoms with van der Waals surface area (Å²) in [6, 6.07) is 4.13. The minimum absolute atomic E-state index is 0.101. The van der Waals surface area contributed by atoms with E-state index in [9.17, 15) is 8.42 Å². The molecule has 0 saturated carbocycles. The van der Waals surface area contributed by atoms with Gasteiger partial charge in [0, 0.05) is 5.41 Å². The highest BCUT2D eigenvalue weighted by molar-refractivity contribution is 7.94. The first kappa shape index (κ1) is 10.1. The smallest absolute Gasteiger partial charge is 0.199 e. The molecule has 0 aliphatic carbocycles. The summed E-state index contributed by atoms with van der Waals surface area (Å²) in [6.45, 7) is 3.20. The number of nitrogen functional groups attached to an aromatic ring is 1. The fourth-order valence-electron chi connectivity index (χ4n) is 0.795. The molecule has 5 heteroatoms. The molecular formula is C8H8ClNO2S. The van der Waals surface area contributed by atoms with Crippen molar-refractivity contribution in [3.63, 3.8) is 0 Å². The first-order valence-electron chi connectivity index (χ1n) is 3.40. The van der Waals surface area contributed by atoms with Crippen molar-refractivity contribution < 1.29 is 8.42 Å². The van der Waals surface area contributed by atoms with Crippen molar-refractivity contribution in [1.82, 2.24) is 0 Å². The van der Waals surface area contributed by atoms with Crippen LogP contribution in [0.25, 0.3) is 0 Å². The lowest BCUT2D eigenvalue weighted by Crippen LogP contribution is -1.97. The second kappa shape index (κ2) is 3.40. The SMILES string of the molecule is C=CS(=O)(=O)c1ccc(Cl)c(N)c1. The van der Waals surface area contributed by atoms with E-state index in [0.717, 1.165) is 5.41 Å². The summed E-state index contributed by atoms with van der Waals surface area (Å²) in [5.41, 5.74) is 5.68. The molecule has 0 heterocycles. The second-order valence-electron chi connectivity index (χ2n) is 2.39. The Labute approximate surface area is 81.7 Å².